The number of ether oxygens (including phenoxy) is 1. The highest BCUT2D eigenvalue weighted by Gasteiger charge is 2.30. The van der Waals surface area contributed by atoms with Crippen molar-refractivity contribution in [3.8, 4) is 5.75 Å². The van der Waals surface area contributed by atoms with Crippen molar-refractivity contribution in [2.24, 2.45) is 0 Å². The van der Waals surface area contributed by atoms with Gasteiger partial charge in [-0.05, 0) is 25.0 Å². The van der Waals surface area contributed by atoms with Crippen LogP contribution in [0.4, 0.5) is 0 Å². The van der Waals surface area contributed by atoms with E-state index in [1.165, 1.54) is 0 Å². The van der Waals surface area contributed by atoms with E-state index in [4.69, 9.17) is 4.74 Å². The number of nitrogens with zero attached hydrogens (tertiary/aromatic N) is 1. The summed E-state index contributed by atoms with van der Waals surface area (Å²) < 4.78 is 5.47. The fraction of sp³-hybridized carbons (Fsp3) is 0.467. The third kappa shape index (κ3) is 3.50. The van der Waals surface area contributed by atoms with Crippen molar-refractivity contribution >= 4 is 11.8 Å². The van der Waals surface area contributed by atoms with Gasteiger partial charge in [-0.25, -0.2) is 0 Å². The zero-order chi connectivity index (χ0) is 14.4. The van der Waals surface area contributed by atoms with Gasteiger partial charge in [0, 0.05) is 13.1 Å². The van der Waals surface area contributed by atoms with Crippen molar-refractivity contribution in [1.29, 1.82) is 0 Å². The molecule has 1 atom stereocenters. The second-order valence-corrected chi connectivity index (χ2v) is 4.76. The maximum Gasteiger partial charge on any atom is 0.261 e. The van der Waals surface area contributed by atoms with Crippen LogP contribution < -0.4 is 10.1 Å². The van der Waals surface area contributed by atoms with Gasteiger partial charge in [-0.3, -0.25) is 9.59 Å². The van der Waals surface area contributed by atoms with Gasteiger partial charge in [0.25, 0.3) is 5.91 Å². The first-order chi connectivity index (χ1) is 9.72. The normalized spacial score (nSPS) is 19.1. The zero-order valence-corrected chi connectivity index (χ0v) is 11.7. The van der Waals surface area contributed by atoms with E-state index in [1.54, 1.807) is 17.0 Å². The van der Waals surface area contributed by atoms with Gasteiger partial charge in [-0.15, -0.1) is 0 Å². The van der Waals surface area contributed by atoms with Gasteiger partial charge < -0.3 is 15.0 Å². The van der Waals surface area contributed by atoms with Crippen LogP contribution in [0.25, 0.3) is 0 Å². The Labute approximate surface area is 118 Å². The molecule has 1 heterocycles. The number of para-hydroxylation sites is 1. The predicted molar refractivity (Wildman–Crippen MR) is 75.4 cm³/mol. The highest BCUT2D eigenvalue weighted by Crippen LogP contribution is 2.12. The summed E-state index contributed by atoms with van der Waals surface area (Å²) >= 11 is 0. The topological polar surface area (TPSA) is 58.6 Å². The van der Waals surface area contributed by atoms with Gasteiger partial charge in [0.2, 0.25) is 5.91 Å². The maximum absolute atomic E-state index is 12.3. The number of carbonyl (C=O) groups excluding carboxylic acids is 2. The van der Waals surface area contributed by atoms with Gasteiger partial charge in [0.1, 0.15) is 11.8 Å². The third-order valence-corrected chi connectivity index (χ3v) is 3.37. The van der Waals surface area contributed by atoms with E-state index < -0.39 is 0 Å². The fourth-order valence-corrected chi connectivity index (χ4v) is 2.33. The molecule has 0 radical (unpaired) electrons. The van der Waals surface area contributed by atoms with E-state index in [2.05, 4.69) is 5.32 Å². The van der Waals surface area contributed by atoms with E-state index in [0.717, 1.165) is 6.42 Å². The minimum atomic E-state index is -0.385. The quantitative estimate of drug-likeness (QED) is 0.898. The zero-order valence-electron chi connectivity index (χ0n) is 11.7. The molecule has 1 aromatic carbocycles. The Morgan fingerprint density at radius 3 is 2.85 bits per heavy atom. The number of benzene rings is 1. The molecule has 1 fully saturated rings. The van der Waals surface area contributed by atoms with Gasteiger partial charge in [0.05, 0.1) is 0 Å². The Morgan fingerprint density at radius 2 is 2.15 bits per heavy atom. The summed E-state index contributed by atoms with van der Waals surface area (Å²) in [5, 5.41) is 2.83. The van der Waals surface area contributed by atoms with Crippen LogP contribution in [-0.4, -0.2) is 42.5 Å². The molecule has 0 bridgehead atoms. The Morgan fingerprint density at radius 1 is 1.40 bits per heavy atom. The van der Waals surface area contributed by atoms with Gasteiger partial charge in [-0.2, -0.15) is 0 Å². The van der Waals surface area contributed by atoms with E-state index in [9.17, 15) is 9.59 Å². The van der Waals surface area contributed by atoms with Crippen LogP contribution in [0.15, 0.2) is 30.3 Å². The molecule has 2 rings (SSSR count). The fourth-order valence-electron chi connectivity index (χ4n) is 2.33. The average molecular weight is 276 g/mol. The number of nitrogens with one attached hydrogen (secondary N) is 1. The second-order valence-electron chi connectivity index (χ2n) is 4.76. The number of hydrogen-bond acceptors (Lipinski definition) is 3. The summed E-state index contributed by atoms with van der Waals surface area (Å²) in [7, 11) is 0. The molecular weight excluding hydrogens is 256 g/mol. The molecule has 5 heteroatoms. The predicted octanol–water partition coefficient (Wildman–Crippen LogP) is 1.19. The average Bonchev–Trinajstić information content (AvgIpc) is 2.67. The highest BCUT2D eigenvalue weighted by atomic mass is 16.5. The largest absolute Gasteiger partial charge is 0.484 e. The summed E-state index contributed by atoms with van der Waals surface area (Å²) in [5.41, 5.74) is 0. The summed E-state index contributed by atoms with van der Waals surface area (Å²) in [4.78, 5) is 25.8. The smallest absolute Gasteiger partial charge is 0.261 e. The van der Waals surface area contributed by atoms with Crippen molar-refractivity contribution in [1.82, 2.24) is 10.2 Å². The van der Waals surface area contributed by atoms with Gasteiger partial charge in [-0.1, -0.05) is 25.1 Å². The molecule has 1 aliphatic heterocycles. The van der Waals surface area contributed by atoms with Crippen LogP contribution >= 0.6 is 0 Å². The molecule has 0 unspecified atom stereocenters. The van der Waals surface area contributed by atoms with E-state index in [-0.39, 0.29) is 24.5 Å². The molecule has 1 saturated heterocycles. The van der Waals surface area contributed by atoms with Crippen LogP contribution in [0.3, 0.4) is 0 Å². The molecule has 2 amide bonds. The van der Waals surface area contributed by atoms with Crippen LogP contribution in [0, 0.1) is 0 Å². The minimum absolute atomic E-state index is 0.0339. The van der Waals surface area contributed by atoms with Crippen LogP contribution in [0.2, 0.25) is 0 Å². The molecular formula is C15H20N2O3. The lowest BCUT2D eigenvalue weighted by atomic mass is 10.2. The summed E-state index contributed by atoms with van der Waals surface area (Å²) in [5.74, 6) is 0.448. The molecule has 1 N–H and O–H groups in total. The molecule has 5 nitrogen and oxygen atoms in total. The van der Waals surface area contributed by atoms with Crippen molar-refractivity contribution in [2.45, 2.75) is 25.8 Å². The van der Waals surface area contributed by atoms with Crippen LogP contribution in [-0.2, 0) is 9.59 Å². The SMILES string of the molecule is CC[C@H]1C(=O)NCCCN1C(=O)COc1ccccc1. The standard InChI is InChI=1S/C15H20N2O3/c1-2-13-15(19)16-9-6-10-17(13)14(18)11-20-12-7-4-3-5-8-12/h3-5,7-8,13H,2,6,9-11H2,1H3,(H,16,19)/t13-/m0/s1. The van der Waals surface area contributed by atoms with E-state index in [1.807, 2.05) is 25.1 Å². The highest BCUT2D eigenvalue weighted by molar-refractivity contribution is 5.88. The maximum atomic E-state index is 12.3. The Balaban J connectivity index is 1.97. The molecule has 0 spiro atoms. The van der Waals surface area contributed by atoms with Gasteiger partial charge in [0.15, 0.2) is 6.61 Å². The Bertz CT molecular complexity index is 461. The number of carbonyl (C=O) groups is 2. The molecule has 20 heavy (non-hydrogen) atoms. The first-order valence-corrected chi connectivity index (χ1v) is 6.97. The second kappa shape index (κ2) is 6.93. The monoisotopic (exact) mass is 276 g/mol. The molecule has 0 aliphatic carbocycles. The van der Waals surface area contributed by atoms with Crippen molar-refractivity contribution in [3.05, 3.63) is 30.3 Å². The number of rotatable bonds is 4. The lowest BCUT2D eigenvalue weighted by Crippen LogP contribution is -2.48. The summed E-state index contributed by atoms with van der Waals surface area (Å²) in [6.07, 6.45) is 1.39. The van der Waals surface area contributed by atoms with Crippen molar-refractivity contribution in [2.75, 3.05) is 19.7 Å². The van der Waals surface area contributed by atoms with Gasteiger partial charge >= 0.3 is 0 Å². The molecule has 108 valence electrons. The minimum Gasteiger partial charge on any atom is -0.484 e. The Hall–Kier alpha value is -2.04. The molecule has 1 aromatic rings. The van der Waals surface area contributed by atoms with Crippen LogP contribution in [0.5, 0.6) is 5.75 Å². The molecule has 0 saturated carbocycles. The third-order valence-electron chi connectivity index (χ3n) is 3.37. The first-order valence-electron chi connectivity index (χ1n) is 6.97. The number of amides is 2. The first kappa shape index (κ1) is 14.4. The Kier molecular flexibility index (Phi) is 4.98. The summed E-state index contributed by atoms with van der Waals surface area (Å²) in [6, 6.07) is 8.83. The molecule has 0 aromatic heterocycles. The lowest BCUT2D eigenvalue weighted by Gasteiger charge is -2.27. The van der Waals surface area contributed by atoms with E-state index in [0.29, 0.717) is 25.3 Å². The molecule has 1 aliphatic rings. The number of hydrogen-bond donors (Lipinski definition) is 1. The van der Waals surface area contributed by atoms with Crippen LogP contribution in [0.1, 0.15) is 19.8 Å². The summed E-state index contributed by atoms with van der Waals surface area (Å²) in [6.45, 7) is 3.09. The van der Waals surface area contributed by atoms with E-state index >= 15 is 0 Å². The van der Waals surface area contributed by atoms with Crippen molar-refractivity contribution in [3.63, 3.8) is 0 Å². The van der Waals surface area contributed by atoms with Crippen molar-refractivity contribution < 1.29 is 14.3 Å². The lowest BCUT2D eigenvalue weighted by molar-refractivity contribution is -0.141.